The molecule has 166 valence electrons. The summed E-state index contributed by atoms with van der Waals surface area (Å²) in [4.78, 5) is 12.6. The number of amides is 1. The molecule has 3 aromatic rings. The zero-order valence-electron chi connectivity index (χ0n) is 17.7. The topological polar surface area (TPSA) is 119 Å². The molecule has 2 aromatic heterocycles. The second kappa shape index (κ2) is 9.67. The minimum absolute atomic E-state index is 0.0258. The Morgan fingerprint density at radius 3 is 2.55 bits per heavy atom. The highest BCUT2D eigenvalue weighted by Crippen LogP contribution is 2.27. The fraction of sp³-hybridized carbons (Fsp3) is 0.350. The van der Waals surface area contributed by atoms with Crippen LogP contribution in [0.4, 0.5) is 5.69 Å². The predicted molar refractivity (Wildman–Crippen MR) is 117 cm³/mol. The van der Waals surface area contributed by atoms with Crippen molar-refractivity contribution in [1.82, 2.24) is 14.5 Å². The molecule has 31 heavy (non-hydrogen) atoms. The molecule has 1 aromatic carbocycles. The first-order chi connectivity index (χ1) is 14.8. The number of aromatic nitrogens is 2. The van der Waals surface area contributed by atoms with Crippen LogP contribution in [-0.2, 0) is 14.8 Å². The predicted octanol–water partition coefficient (Wildman–Crippen LogP) is 3.71. The molecule has 0 bridgehead atoms. The molecule has 0 saturated heterocycles. The largest absolute Gasteiger partial charge is 0.469 e. The number of nitrogens with one attached hydrogen (secondary N) is 1. The number of sulfonamides is 1. The van der Waals surface area contributed by atoms with E-state index in [9.17, 15) is 13.2 Å². The van der Waals surface area contributed by atoms with Crippen LogP contribution in [0.25, 0.3) is 11.5 Å². The summed E-state index contributed by atoms with van der Waals surface area (Å²) in [6.07, 6.45) is 1.53. The monoisotopic (exact) mass is 464 g/mol. The van der Waals surface area contributed by atoms with E-state index in [4.69, 9.17) is 8.83 Å². The fourth-order valence-electron chi connectivity index (χ4n) is 2.97. The van der Waals surface area contributed by atoms with E-state index in [1.165, 1.54) is 16.6 Å². The normalized spacial score (nSPS) is 11.8. The maximum atomic E-state index is 12.9. The Hall–Kier alpha value is -2.63. The van der Waals surface area contributed by atoms with Gasteiger partial charge in [0.2, 0.25) is 15.9 Å². The van der Waals surface area contributed by atoms with Gasteiger partial charge in [0, 0.05) is 18.8 Å². The van der Waals surface area contributed by atoms with Crippen LogP contribution in [0.15, 0.2) is 49.5 Å². The van der Waals surface area contributed by atoms with E-state index in [2.05, 4.69) is 15.5 Å². The van der Waals surface area contributed by atoms with Crippen LogP contribution in [0.3, 0.4) is 0 Å². The lowest BCUT2D eigenvalue weighted by atomic mass is 10.2. The van der Waals surface area contributed by atoms with Gasteiger partial charge in [-0.3, -0.25) is 4.79 Å². The summed E-state index contributed by atoms with van der Waals surface area (Å²) in [5.74, 6) is 0.684. The molecule has 0 atom stereocenters. The number of hydrogen-bond donors (Lipinski definition) is 1. The van der Waals surface area contributed by atoms with E-state index in [1.807, 2.05) is 0 Å². The number of carbonyl (C=O) groups is 1. The Kier molecular flexibility index (Phi) is 7.19. The Bertz CT molecular complexity index is 1170. The average Bonchev–Trinajstić information content (AvgIpc) is 3.37. The Morgan fingerprint density at radius 2 is 1.90 bits per heavy atom. The molecule has 0 aliphatic heterocycles. The molecule has 9 nitrogen and oxygen atoms in total. The summed E-state index contributed by atoms with van der Waals surface area (Å²) in [5.41, 5.74) is 1.72. The van der Waals surface area contributed by atoms with Gasteiger partial charge in [-0.2, -0.15) is 4.31 Å². The zero-order chi connectivity index (χ0) is 22.6. The first-order valence-electron chi connectivity index (χ1n) is 9.67. The lowest BCUT2D eigenvalue weighted by Gasteiger charge is -2.20. The van der Waals surface area contributed by atoms with Crippen LogP contribution in [0.2, 0.25) is 0 Å². The molecular weight excluding hydrogens is 440 g/mol. The summed E-state index contributed by atoms with van der Waals surface area (Å²) in [6, 6.07) is 6.56. The molecular formula is C20H24N4O5S2. The van der Waals surface area contributed by atoms with Gasteiger partial charge in [-0.05, 0) is 37.6 Å². The number of hydrogen-bond acceptors (Lipinski definition) is 8. The summed E-state index contributed by atoms with van der Waals surface area (Å²) in [5, 5.41) is 10.9. The molecule has 0 radical (unpaired) electrons. The van der Waals surface area contributed by atoms with Crippen molar-refractivity contribution in [2.45, 2.75) is 37.8 Å². The number of furan rings is 1. The Labute approximate surface area is 185 Å². The third-order valence-electron chi connectivity index (χ3n) is 4.62. The van der Waals surface area contributed by atoms with Gasteiger partial charge in [-0.1, -0.05) is 31.7 Å². The lowest BCUT2D eigenvalue weighted by Crippen LogP contribution is -2.31. The third kappa shape index (κ3) is 5.17. The van der Waals surface area contributed by atoms with E-state index in [-0.39, 0.29) is 21.8 Å². The zero-order valence-corrected chi connectivity index (χ0v) is 19.3. The van der Waals surface area contributed by atoms with Crippen molar-refractivity contribution in [3.63, 3.8) is 0 Å². The lowest BCUT2D eigenvalue weighted by molar-refractivity contribution is -0.113. The number of benzene rings is 1. The number of rotatable bonds is 9. The van der Waals surface area contributed by atoms with Gasteiger partial charge in [0.05, 0.1) is 22.5 Å². The van der Waals surface area contributed by atoms with E-state index < -0.39 is 10.0 Å². The number of nitrogens with zero attached hydrogens (tertiary/aromatic N) is 3. The summed E-state index contributed by atoms with van der Waals surface area (Å²) >= 11 is 1.09. The van der Waals surface area contributed by atoms with Crippen LogP contribution < -0.4 is 5.32 Å². The summed E-state index contributed by atoms with van der Waals surface area (Å²) < 4.78 is 37.9. The van der Waals surface area contributed by atoms with Gasteiger partial charge >= 0.3 is 0 Å². The van der Waals surface area contributed by atoms with Gasteiger partial charge in [-0.25, -0.2) is 8.42 Å². The smallest absolute Gasteiger partial charge is 0.277 e. The van der Waals surface area contributed by atoms with E-state index >= 15 is 0 Å². The van der Waals surface area contributed by atoms with Gasteiger partial charge < -0.3 is 14.2 Å². The SMILES string of the molecule is CCN(CC)S(=O)(=O)c1cc(NC(=O)CSc2nnc(-c3ccoc3C)o2)ccc1C. The third-order valence-corrected chi connectivity index (χ3v) is 7.63. The number of thioether (sulfide) groups is 1. The minimum atomic E-state index is -3.63. The van der Waals surface area contributed by atoms with Gasteiger partial charge in [0.15, 0.2) is 0 Å². The molecule has 0 aliphatic carbocycles. The van der Waals surface area contributed by atoms with Crippen molar-refractivity contribution < 1.29 is 22.0 Å². The number of carbonyl (C=O) groups excluding carboxylic acids is 1. The van der Waals surface area contributed by atoms with Crippen molar-refractivity contribution in [3.05, 3.63) is 41.9 Å². The van der Waals surface area contributed by atoms with Crippen molar-refractivity contribution in [2.24, 2.45) is 0 Å². The van der Waals surface area contributed by atoms with Crippen LogP contribution >= 0.6 is 11.8 Å². The first-order valence-corrected chi connectivity index (χ1v) is 12.1. The molecule has 1 amide bonds. The maximum Gasteiger partial charge on any atom is 0.277 e. The number of anilines is 1. The van der Waals surface area contributed by atoms with E-state index in [0.29, 0.717) is 41.6 Å². The van der Waals surface area contributed by atoms with Gasteiger partial charge in [0.25, 0.3) is 11.1 Å². The van der Waals surface area contributed by atoms with Crippen LogP contribution in [0.5, 0.6) is 0 Å². The molecule has 3 rings (SSSR count). The van der Waals surface area contributed by atoms with Gasteiger partial charge in [-0.15, -0.1) is 10.2 Å². The maximum absolute atomic E-state index is 12.9. The van der Waals surface area contributed by atoms with Crippen molar-refractivity contribution in [2.75, 3.05) is 24.2 Å². The average molecular weight is 465 g/mol. The van der Waals surface area contributed by atoms with Crippen LogP contribution in [0.1, 0.15) is 25.2 Å². The van der Waals surface area contributed by atoms with Crippen molar-refractivity contribution in [1.29, 1.82) is 0 Å². The highest BCUT2D eigenvalue weighted by atomic mass is 32.2. The molecule has 0 aliphatic rings. The Balaban J connectivity index is 1.66. The number of aryl methyl sites for hydroxylation is 2. The van der Waals surface area contributed by atoms with Crippen LogP contribution in [-0.4, -0.2) is 47.7 Å². The molecule has 1 N–H and O–H groups in total. The summed E-state index contributed by atoms with van der Waals surface area (Å²) in [6.45, 7) is 7.83. The molecule has 11 heteroatoms. The first kappa shape index (κ1) is 23.0. The highest BCUT2D eigenvalue weighted by molar-refractivity contribution is 7.99. The molecule has 0 unspecified atom stereocenters. The Morgan fingerprint density at radius 1 is 1.16 bits per heavy atom. The minimum Gasteiger partial charge on any atom is -0.469 e. The quantitative estimate of drug-likeness (QED) is 0.476. The van der Waals surface area contributed by atoms with Crippen molar-refractivity contribution >= 4 is 33.4 Å². The fourth-order valence-corrected chi connectivity index (χ4v) is 5.24. The van der Waals surface area contributed by atoms with Gasteiger partial charge in [0.1, 0.15) is 5.76 Å². The van der Waals surface area contributed by atoms with Crippen molar-refractivity contribution in [3.8, 4) is 11.5 Å². The van der Waals surface area contributed by atoms with Crippen LogP contribution in [0, 0.1) is 13.8 Å². The second-order valence-electron chi connectivity index (χ2n) is 6.67. The van der Waals surface area contributed by atoms with E-state index in [0.717, 1.165) is 11.8 Å². The standard InChI is InChI=1S/C20H24N4O5S2/c1-5-24(6-2)31(26,27)17-11-15(8-7-13(17)3)21-18(25)12-30-20-23-22-19(29-20)16-9-10-28-14(16)4/h7-11H,5-6,12H2,1-4H3,(H,21,25). The summed E-state index contributed by atoms with van der Waals surface area (Å²) in [7, 11) is -3.63. The second-order valence-corrected chi connectivity index (χ2v) is 9.50. The molecule has 2 heterocycles. The molecule has 0 saturated carbocycles. The van der Waals surface area contributed by atoms with E-state index in [1.54, 1.807) is 45.9 Å². The molecule has 0 fully saturated rings. The molecule has 0 spiro atoms. The highest BCUT2D eigenvalue weighted by Gasteiger charge is 2.24.